The van der Waals surface area contributed by atoms with Gasteiger partial charge in [0, 0.05) is 19.8 Å². The molecule has 0 bridgehead atoms. The molecule has 25 heavy (non-hydrogen) atoms. The van der Waals surface area contributed by atoms with Crippen molar-refractivity contribution in [2.45, 2.75) is 19.4 Å². The molecule has 3 N–H and O–H groups in total. The van der Waals surface area contributed by atoms with Crippen LogP contribution in [0.15, 0.2) is 35.6 Å². The van der Waals surface area contributed by atoms with Crippen LogP contribution in [-0.4, -0.2) is 36.5 Å². The lowest BCUT2D eigenvalue weighted by Gasteiger charge is -2.09. The van der Waals surface area contributed by atoms with Gasteiger partial charge in [-0.2, -0.15) is 5.10 Å². The maximum atomic E-state index is 5.90. The molecule has 1 aromatic heterocycles. The van der Waals surface area contributed by atoms with E-state index < -0.39 is 0 Å². The normalized spacial score (nSPS) is 10.9. The predicted molar refractivity (Wildman–Crippen MR) is 110 cm³/mol. The number of guanidine groups is 1. The van der Waals surface area contributed by atoms with E-state index in [1.165, 1.54) is 5.56 Å². The van der Waals surface area contributed by atoms with Gasteiger partial charge in [0.1, 0.15) is 0 Å². The Morgan fingerprint density at radius 3 is 2.64 bits per heavy atom. The minimum atomic E-state index is 0. The molecule has 0 radical (unpaired) electrons. The van der Waals surface area contributed by atoms with Crippen molar-refractivity contribution in [2.24, 2.45) is 17.8 Å². The number of nitrogens with one attached hydrogen (secondary N) is 1. The second-order valence-corrected chi connectivity index (χ2v) is 5.44. The Morgan fingerprint density at radius 2 is 2.00 bits per heavy atom. The number of hydrogen-bond donors (Lipinski definition) is 2. The maximum absolute atomic E-state index is 5.90. The van der Waals surface area contributed by atoms with Gasteiger partial charge in [0.2, 0.25) is 0 Å². The van der Waals surface area contributed by atoms with Crippen molar-refractivity contribution in [3.05, 3.63) is 41.7 Å². The van der Waals surface area contributed by atoms with Gasteiger partial charge in [-0.3, -0.25) is 4.68 Å². The Hall–Kier alpha value is -1.97. The average Bonchev–Trinajstić information content (AvgIpc) is 3.01. The zero-order valence-corrected chi connectivity index (χ0v) is 17.2. The van der Waals surface area contributed by atoms with Crippen LogP contribution in [0.25, 0.3) is 0 Å². The smallest absolute Gasteiger partial charge is 0.188 e. The molecule has 0 aliphatic carbocycles. The van der Waals surface area contributed by atoms with Gasteiger partial charge in [0.25, 0.3) is 0 Å². The lowest BCUT2D eigenvalue weighted by molar-refractivity contribution is 0.354. The molecule has 0 aliphatic heterocycles. The fourth-order valence-electron chi connectivity index (χ4n) is 2.32. The summed E-state index contributed by atoms with van der Waals surface area (Å²) in [6.07, 6.45) is 5.84. The highest BCUT2D eigenvalue weighted by Gasteiger charge is 2.04. The van der Waals surface area contributed by atoms with Crippen molar-refractivity contribution in [3.63, 3.8) is 0 Å². The number of halogens is 1. The highest BCUT2D eigenvalue weighted by atomic mass is 127. The molecule has 0 fully saturated rings. The molecule has 0 unspecified atom stereocenters. The summed E-state index contributed by atoms with van der Waals surface area (Å²) in [5.74, 6) is 1.83. The first kappa shape index (κ1) is 21.1. The van der Waals surface area contributed by atoms with E-state index >= 15 is 0 Å². The lowest BCUT2D eigenvalue weighted by Crippen LogP contribution is -2.32. The summed E-state index contributed by atoms with van der Waals surface area (Å²) in [6.45, 7) is 1.26. The van der Waals surface area contributed by atoms with Crippen molar-refractivity contribution in [1.82, 2.24) is 15.1 Å². The maximum Gasteiger partial charge on any atom is 0.188 e. The zero-order valence-electron chi connectivity index (χ0n) is 14.9. The highest BCUT2D eigenvalue weighted by molar-refractivity contribution is 14.0. The summed E-state index contributed by atoms with van der Waals surface area (Å²) in [5, 5.41) is 7.27. The molecule has 0 saturated heterocycles. The van der Waals surface area contributed by atoms with Crippen molar-refractivity contribution < 1.29 is 9.47 Å². The topological polar surface area (TPSA) is 86.7 Å². The summed E-state index contributed by atoms with van der Waals surface area (Å²) in [7, 11) is 5.15. The van der Waals surface area contributed by atoms with Crippen LogP contribution in [0.3, 0.4) is 0 Å². The predicted octanol–water partition coefficient (Wildman–Crippen LogP) is 2.09. The molecule has 2 aromatic rings. The van der Waals surface area contributed by atoms with Crippen molar-refractivity contribution in [2.75, 3.05) is 20.8 Å². The first-order chi connectivity index (χ1) is 11.6. The Balaban J connectivity index is 0.00000312. The zero-order chi connectivity index (χ0) is 17.4. The van der Waals surface area contributed by atoms with Gasteiger partial charge in [-0.1, -0.05) is 6.07 Å². The second kappa shape index (κ2) is 10.8. The van der Waals surface area contributed by atoms with Crippen LogP contribution in [-0.2, 0) is 20.0 Å². The summed E-state index contributed by atoms with van der Waals surface area (Å²) >= 11 is 0. The molecule has 138 valence electrons. The third-order valence-electron chi connectivity index (χ3n) is 3.59. The van der Waals surface area contributed by atoms with E-state index in [0.717, 1.165) is 24.9 Å². The SMILES string of the molecule is COc1ccc(CN=C(N)NCCCc2cnn(C)c2)cc1OC.I. The number of methoxy groups -OCH3 is 2. The van der Waals surface area contributed by atoms with Gasteiger partial charge in [-0.25, -0.2) is 4.99 Å². The Bertz CT molecular complexity index is 687. The quantitative estimate of drug-likeness (QED) is 0.273. The molecule has 2 rings (SSSR count). The fourth-order valence-corrected chi connectivity index (χ4v) is 2.32. The van der Waals surface area contributed by atoms with E-state index in [1.54, 1.807) is 14.2 Å². The van der Waals surface area contributed by atoms with E-state index in [1.807, 2.05) is 42.3 Å². The molecule has 0 spiro atoms. The van der Waals surface area contributed by atoms with Gasteiger partial charge < -0.3 is 20.5 Å². The van der Waals surface area contributed by atoms with E-state index in [9.17, 15) is 0 Å². The van der Waals surface area contributed by atoms with Crippen LogP contribution in [0, 0.1) is 0 Å². The van der Waals surface area contributed by atoms with E-state index in [4.69, 9.17) is 15.2 Å². The summed E-state index contributed by atoms with van der Waals surface area (Å²) < 4.78 is 12.3. The number of aliphatic imine (C=N–C) groups is 1. The molecule has 0 amide bonds. The van der Waals surface area contributed by atoms with Gasteiger partial charge >= 0.3 is 0 Å². The Morgan fingerprint density at radius 1 is 1.24 bits per heavy atom. The molecular formula is C17H26IN5O2. The van der Waals surface area contributed by atoms with Gasteiger partial charge in [-0.15, -0.1) is 24.0 Å². The largest absolute Gasteiger partial charge is 0.493 e. The van der Waals surface area contributed by atoms with E-state index in [2.05, 4.69) is 15.4 Å². The molecule has 0 aliphatic rings. The van der Waals surface area contributed by atoms with Gasteiger partial charge in [0.05, 0.1) is 27.0 Å². The molecule has 8 heteroatoms. The number of nitrogens with two attached hydrogens (primary N) is 1. The van der Waals surface area contributed by atoms with Gasteiger partial charge in [-0.05, 0) is 36.1 Å². The molecule has 0 saturated carbocycles. The number of ether oxygens (including phenoxy) is 2. The lowest BCUT2D eigenvalue weighted by atomic mass is 10.2. The number of benzene rings is 1. The van der Waals surface area contributed by atoms with Crippen LogP contribution in [0.4, 0.5) is 0 Å². The average molecular weight is 459 g/mol. The van der Waals surface area contributed by atoms with Crippen LogP contribution in [0.1, 0.15) is 17.5 Å². The molecule has 1 heterocycles. The number of rotatable bonds is 8. The molecule has 1 aromatic carbocycles. The van der Waals surface area contributed by atoms with Crippen LogP contribution in [0.2, 0.25) is 0 Å². The summed E-state index contributed by atoms with van der Waals surface area (Å²) in [4.78, 5) is 4.34. The second-order valence-electron chi connectivity index (χ2n) is 5.44. The first-order valence-corrected chi connectivity index (χ1v) is 7.84. The Kier molecular flexibility index (Phi) is 9.11. The monoisotopic (exact) mass is 459 g/mol. The Labute approximate surface area is 165 Å². The third kappa shape index (κ3) is 6.81. The van der Waals surface area contributed by atoms with Crippen LogP contribution in [0.5, 0.6) is 11.5 Å². The first-order valence-electron chi connectivity index (χ1n) is 7.84. The van der Waals surface area contributed by atoms with Crippen LogP contribution >= 0.6 is 24.0 Å². The molecule has 7 nitrogen and oxygen atoms in total. The minimum absolute atomic E-state index is 0. The fraction of sp³-hybridized carbons (Fsp3) is 0.412. The van der Waals surface area contributed by atoms with E-state index in [0.29, 0.717) is 24.0 Å². The van der Waals surface area contributed by atoms with Crippen molar-refractivity contribution in [1.29, 1.82) is 0 Å². The third-order valence-corrected chi connectivity index (χ3v) is 3.59. The minimum Gasteiger partial charge on any atom is -0.493 e. The molecule has 0 atom stereocenters. The van der Waals surface area contributed by atoms with Gasteiger partial charge in [0.15, 0.2) is 17.5 Å². The highest BCUT2D eigenvalue weighted by Crippen LogP contribution is 2.27. The van der Waals surface area contributed by atoms with Crippen molar-refractivity contribution in [3.8, 4) is 11.5 Å². The standard InChI is InChI=1S/C17H25N5O2.HI/c1-22-12-14(11-21-22)5-4-8-19-17(18)20-10-13-6-7-15(23-2)16(9-13)24-3;/h6-7,9,11-12H,4-5,8,10H2,1-3H3,(H3,18,19,20);1H. The van der Waals surface area contributed by atoms with Crippen LogP contribution < -0.4 is 20.5 Å². The number of aryl methyl sites for hydroxylation is 2. The molecular weight excluding hydrogens is 433 g/mol. The number of aromatic nitrogens is 2. The van der Waals surface area contributed by atoms with Crippen molar-refractivity contribution >= 4 is 29.9 Å². The number of hydrogen-bond acceptors (Lipinski definition) is 4. The summed E-state index contributed by atoms with van der Waals surface area (Å²) in [6, 6.07) is 5.71. The number of nitrogens with zero attached hydrogens (tertiary/aromatic N) is 3. The summed E-state index contributed by atoms with van der Waals surface area (Å²) in [5.41, 5.74) is 8.13. The van der Waals surface area contributed by atoms with E-state index in [-0.39, 0.29) is 24.0 Å².